The van der Waals surface area contributed by atoms with Crippen molar-refractivity contribution in [3.8, 4) is 16.9 Å². The molecule has 3 aromatic carbocycles. The minimum Gasteiger partial charge on any atom is -0.495 e. The lowest BCUT2D eigenvalue weighted by Gasteiger charge is -2.24. The van der Waals surface area contributed by atoms with Crippen LogP contribution in [0.1, 0.15) is 6.92 Å². The van der Waals surface area contributed by atoms with Crippen molar-refractivity contribution < 1.29 is 14.3 Å². The average molecular weight is 452 g/mol. The maximum absolute atomic E-state index is 12.9. The highest BCUT2D eigenvalue weighted by atomic mass is 35.5. The summed E-state index contributed by atoms with van der Waals surface area (Å²) < 4.78 is 5.25. The van der Waals surface area contributed by atoms with Crippen molar-refractivity contribution in [3.63, 3.8) is 0 Å². The number of nitrogens with zero attached hydrogens (tertiary/aromatic N) is 1. The van der Waals surface area contributed by atoms with Gasteiger partial charge < -0.3 is 15.4 Å². The molecule has 32 heavy (non-hydrogen) atoms. The van der Waals surface area contributed by atoms with Gasteiger partial charge in [-0.2, -0.15) is 0 Å². The summed E-state index contributed by atoms with van der Waals surface area (Å²) in [7, 11) is 3.24. The van der Waals surface area contributed by atoms with Gasteiger partial charge in [-0.1, -0.05) is 60.1 Å². The van der Waals surface area contributed by atoms with E-state index in [-0.39, 0.29) is 18.4 Å². The summed E-state index contributed by atoms with van der Waals surface area (Å²) in [5.41, 5.74) is 3.14. The maximum atomic E-state index is 12.9. The first kappa shape index (κ1) is 23.3. The monoisotopic (exact) mass is 451 g/mol. The Morgan fingerprint density at radius 1 is 0.969 bits per heavy atom. The van der Waals surface area contributed by atoms with Gasteiger partial charge in [0.15, 0.2) is 0 Å². The molecule has 7 heteroatoms. The molecule has 3 rings (SSSR count). The Hall–Kier alpha value is -3.35. The molecule has 0 radical (unpaired) electrons. The molecule has 0 saturated carbocycles. The number of rotatable bonds is 8. The van der Waals surface area contributed by atoms with E-state index >= 15 is 0 Å². The quantitative estimate of drug-likeness (QED) is 0.510. The molecule has 0 aliphatic carbocycles. The molecule has 0 bridgehead atoms. The molecule has 166 valence electrons. The van der Waals surface area contributed by atoms with Crippen molar-refractivity contribution >= 4 is 34.8 Å². The summed E-state index contributed by atoms with van der Waals surface area (Å²) in [5.74, 6) is 0.0233. The van der Waals surface area contributed by atoms with Gasteiger partial charge in [-0.3, -0.25) is 14.5 Å². The lowest BCUT2D eigenvalue weighted by atomic mass is 10.0. The summed E-state index contributed by atoms with van der Waals surface area (Å²) in [4.78, 5) is 27.1. The topological polar surface area (TPSA) is 70.7 Å². The van der Waals surface area contributed by atoms with E-state index < -0.39 is 6.04 Å². The number of hydrogen-bond donors (Lipinski definition) is 2. The molecule has 0 unspecified atom stereocenters. The van der Waals surface area contributed by atoms with E-state index in [1.807, 2.05) is 54.6 Å². The second-order valence-corrected chi connectivity index (χ2v) is 7.82. The molecule has 2 amide bonds. The van der Waals surface area contributed by atoms with Gasteiger partial charge in [0.05, 0.1) is 25.4 Å². The van der Waals surface area contributed by atoms with Crippen LogP contribution in [0, 0.1) is 0 Å². The Bertz CT molecular complexity index is 1090. The smallest absolute Gasteiger partial charge is 0.241 e. The number of methoxy groups -OCH3 is 1. The van der Waals surface area contributed by atoms with E-state index in [1.54, 1.807) is 37.1 Å². The SMILES string of the molecule is COc1ccc(Cl)cc1NC(=O)CN(C)[C@H](C)C(=O)Nc1ccccc1-c1ccccc1. The number of nitrogens with one attached hydrogen (secondary N) is 2. The fourth-order valence-corrected chi connectivity index (χ4v) is 3.40. The molecule has 1 atom stereocenters. The Labute approximate surface area is 193 Å². The molecule has 0 saturated heterocycles. The van der Waals surface area contributed by atoms with Crippen LogP contribution < -0.4 is 15.4 Å². The Kier molecular flexibility index (Phi) is 7.87. The Morgan fingerprint density at radius 3 is 2.38 bits per heavy atom. The number of ether oxygens (including phenoxy) is 1. The maximum Gasteiger partial charge on any atom is 0.241 e. The van der Waals surface area contributed by atoms with Crippen LogP contribution in [0.2, 0.25) is 5.02 Å². The molecule has 0 spiro atoms. The van der Waals surface area contributed by atoms with Crippen LogP contribution in [0.15, 0.2) is 72.8 Å². The first-order chi connectivity index (χ1) is 15.4. The van der Waals surface area contributed by atoms with Crippen molar-refractivity contribution in [1.82, 2.24) is 4.90 Å². The molecule has 6 nitrogen and oxygen atoms in total. The third-order valence-corrected chi connectivity index (χ3v) is 5.37. The Morgan fingerprint density at radius 2 is 1.66 bits per heavy atom. The zero-order valence-corrected chi connectivity index (χ0v) is 19.0. The van der Waals surface area contributed by atoms with E-state index in [1.165, 1.54) is 7.11 Å². The average Bonchev–Trinajstić information content (AvgIpc) is 2.79. The zero-order chi connectivity index (χ0) is 23.1. The lowest BCUT2D eigenvalue weighted by molar-refractivity contribution is -0.122. The second-order valence-electron chi connectivity index (χ2n) is 7.38. The van der Waals surface area contributed by atoms with Crippen molar-refractivity contribution in [2.75, 3.05) is 31.3 Å². The number of likely N-dealkylation sites (N-methyl/N-ethyl adjacent to an activating group) is 1. The third-order valence-electron chi connectivity index (χ3n) is 5.14. The molecule has 0 aliphatic rings. The summed E-state index contributed by atoms with van der Waals surface area (Å²) >= 11 is 6.02. The van der Waals surface area contributed by atoms with Crippen molar-refractivity contribution in [2.45, 2.75) is 13.0 Å². The fraction of sp³-hybridized carbons (Fsp3) is 0.200. The number of hydrogen-bond acceptors (Lipinski definition) is 4. The number of amides is 2. The van der Waals surface area contributed by atoms with Crippen LogP contribution in [0.4, 0.5) is 11.4 Å². The number of anilines is 2. The molecular formula is C25H26ClN3O3. The highest BCUT2D eigenvalue weighted by Gasteiger charge is 2.21. The largest absolute Gasteiger partial charge is 0.495 e. The summed E-state index contributed by atoms with van der Waals surface area (Å²) in [6, 6.07) is 21.9. The molecule has 0 aliphatic heterocycles. The van der Waals surface area contributed by atoms with Gasteiger partial charge in [-0.25, -0.2) is 0 Å². The highest BCUT2D eigenvalue weighted by molar-refractivity contribution is 6.31. The summed E-state index contributed by atoms with van der Waals surface area (Å²) in [6.07, 6.45) is 0. The molecular weight excluding hydrogens is 426 g/mol. The number of halogens is 1. The highest BCUT2D eigenvalue weighted by Crippen LogP contribution is 2.28. The van der Waals surface area contributed by atoms with E-state index in [4.69, 9.17) is 16.3 Å². The fourth-order valence-electron chi connectivity index (χ4n) is 3.23. The summed E-state index contributed by atoms with van der Waals surface area (Å²) in [6.45, 7) is 1.78. The second kappa shape index (κ2) is 10.8. The van der Waals surface area contributed by atoms with Gasteiger partial charge >= 0.3 is 0 Å². The minimum absolute atomic E-state index is 0.0184. The van der Waals surface area contributed by atoms with Crippen molar-refractivity contribution in [2.24, 2.45) is 0 Å². The predicted molar refractivity (Wildman–Crippen MR) is 129 cm³/mol. The third kappa shape index (κ3) is 5.87. The van der Waals surface area contributed by atoms with Crippen LogP contribution >= 0.6 is 11.6 Å². The molecule has 0 fully saturated rings. The molecule has 3 aromatic rings. The first-order valence-corrected chi connectivity index (χ1v) is 10.6. The van der Waals surface area contributed by atoms with Crippen LogP contribution in [0.25, 0.3) is 11.1 Å². The summed E-state index contributed by atoms with van der Waals surface area (Å²) in [5, 5.41) is 6.26. The van der Waals surface area contributed by atoms with Gasteiger partial charge in [0.1, 0.15) is 5.75 Å². The molecule has 0 heterocycles. The number of para-hydroxylation sites is 1. The number of carbonyl (C=O) groups excluding carboxylic acids is 2. The van der Waals surface area contributed by atoms with Crippen molar-refractivity contribution in [3.05, 3.63) is 77.8 Å². The Balaban J connectivity index is 1.64. The van der Waals surface area contributed by atoms with Crippen LogP contribution in [0.3, 0.4) is 0 Å². The number of benzene rings is 3. The molecule has 2 N–H and O–H groups in total. The van der Waals surface area contributed by atoms with Gasteiger partial charge in [0, 0.05) is 16.3 Å². The first-order valence-electron chi connectivity index (χ1n) is 10.2. The van der Waals surface area contributed by atoms with Crippen LogP contribution in [-0.2, 0) is 9.59 Å². The van der Waals surface area contributed by atoms with Crippen molar-refractivity contribution in [1.29, 1.82) is 0 Å². The van der Waals surface area contributed by atoms with Crippen LogP contribution in [0.5, 0.6) is 5.75 Å². The predicted octanol–water partition coefficient (Wildman–Crippen LogP) is 4.91. The molecule has 0 aromatic heterocycles. The number of carbonyl (C=O) groups is 2. The van der Waals surface area contributed by atoms with Gasteiger partial charge in [-0.15, -0.1) is 0 Å². The normalized spacial score (nSPS) is 11.7. The van der Waals surface area contributed by atoms with Gasteiger partial charge in [-0.05, 0) is 43.8 Å². The van der Waals surface area contributed by atoms with E-state index in [2.05, 4.69) is 10.6 Å². The van der Waals surface area contributed by atoms with E-state index in [0.29, 0.717) is 16.5 Å². The van der Waals surface area contributed by atoms with E-state index in [9.17, 15) is 9.59 Å². The zero-order valence-electron chi connectivity index (χ0n) is 18.3. The van der Waals surface area contributed by atoms with Crippen LogP contribution in [-0.4, -0.2) is 43.5 Å². The standard InChI is InChI=1S/C25H26ClN3O3/c1-17(29(2)16-24(30)27-22-15-19(26)13-14-23(22)32-3)25(31)28-21-12-8-7-11-20(21)18-9-5-4-6-10-18/h4-15,17H,16H2,1-3H3,(H,27,30)(H,28,31)/t17-/m1/s1. The minimum atomic E-state index is -0.536. The van der Waals surface area contributed by atoms with Gasteiger partial charge in [0.25, 0.3) is 0 Å². The lowest BCUT2D eigenvalue weighted by Crippen LogP contribution is -2.43. The van der Waals surface area contributed by atoms with Gasteiger partial charge in [0.2, 0.25) is 11.8 Å². The van der Waals surface area contributed by atoms with E-state index in [0.717, 1.165) is 16.8 Å².